The number of carbonyl (C=O) groups is 1. The van der Waals surface area contributed by atoms with E-state index in [1.54, 1.807) is 6.92 Å². The molecular weight excluding hydrogens is 490 g/mol. The summed E-state index contributed by atoms with van der Waals surface area (Å²) < 4.78 is 63.8. The second kappa shape index (κ2) is 10.2. The fraction of sp³-hybridized carbons (Fsp3) is 0.519. The van der Waals surface area contributed by atoms with E-state index in [2.05, 4.69) is 4.98 Å². The first-order valence-corrected chi connectivity index (χ1v) is 12.2. The molecule has 2 heterocycles. The van der Waals surface area contributed by atoms with E-state index >= 15 is 0 Å². The van der Waals surface area contributed by atoms with Crippen molar-refractivity contribution in [3.05, 3.63) is 52.8 Å². The first kappa shape index (κ1) is 26.7. The number of halogens is 4. The van der Waals surface area contributed by atoms with Crippen LogP contribution in [0.2, 0.25) is 0 Å². The zero-order valence-corrected chi connectivity index (χ0v) is 20.9. The van der Waals surface area contributed by atoms with Crippen LogP contribution >= 0.6 is 0 Å². The van der Waals surface area contributed by atoms with E-state index in [9.17, 15) is 27.6 Å². The van der Waals surface area contributed by atoms with Crippen LogP contribution in [0.3, 0.4) is 0 Å². The van der Waals surface area contributed by atoms with Gasteiger partial charge in [-0.3, -0.25) is 9.78 Å². The number of nitrogens with zero attached hydrogens (tertiary/aromatic N) is 3. The number of carbonyl (C=O) groups excluding carboxylic acids is 1. The zero-order valence-electron chi connectivity index (χ0n) is 20.9. The molecule has 1 aliphatic carbocycles. The van der Waals surface area contributed by atoms with Crippen molar-refractivity contribution in [2.75, 3.05) is 20.2 Å². The Hall–Kier alpha value is -3.35. The van der Waals surface area contributed by atoms with Crippen LogP contribution in [-0.4, -0.2) is 53.9 Å². The third-order valence-corrected chi connectivity index (χ3v) is 7.32. The summed E-state index contributed by atoms with van der Waals surface area (Å²) in [6.45, 7) is 3.11. The molecule has 1 atom stereocenters. The molecule has 0 radical (unpaired) electrons. The fourth-order valence-corrected chi connectivity index (χ4v) is 4.87. The number of likely N-dealkylation sites (tertiary alicyclic amines) is 1. The largest absolute Gasteiger partial charge is 0.494 e. The lowest BCUT2D eigenvalue weighted by Crippen LogP contribution is -2.49. The Morgan fingerprint density at radius 1 is 1.19 bits per heavy atom. The van der Waals surface area contributed by atoms with E-state index in [0.29, 0.717) is 25.9 Å². The van der Waals surface area contributed by atoms with Crippen LogP contribution in [0.4, 0.5) is 17.6 Å². The number of methoxy groups -OCH3 is 1. The third-order valence-electron chi connectivity index (χ3n) is 7.32. The van der Waals surface area contributed by atoms with Crippen molar-refractivity contribution < 1.29 is 31.8 Å². The van der Waals surface area contributed by atoms with E-state index in [0.717, 1.165) is 31.0 Å². The first-order chi connectivity index (χ1) is 17.4. The summed E-state index contributed by atoms with van der Waals surface area (Å²) in [4.78, 5) is 19.4. The fourth-order valence-electron chi connectivity index (χ4n) is 4.87. The van der Waals surface area contributed by atoms with Gasteiger partial charge in [-0.05, 0) is 69.2 Å². The standard InChI is InChI=1S/C27H29F4N3O3/c1-16(27(29,30)31)37-22-7-5-18(12-32)24(36-3)23(22)25(35)34-14-20(15-34)21-6-4-19(13-33-21)17-8-10-26(2,28)11-9-17/h4-7,13,16-17,20H,8-11,14-15H2,1-3H3/t16-,17?,26?/m0/s1. The van der Waals surface area contributed by atoms with Crippen molar-refractivity contribution in [1.29, 1.82) is 5.26 Å². The van der Waals surface area contributed by atoms with Gasteiger partial charge in [-0.2, -0.15) is 18.4 Å². The second-order valence-electron chi connectivity index (χ2n) is 10.0. The minimum Gasteiger partial charge on any atom is -0.494 e. The molecule has 37 heavy (non-hydrogen) atoms. The SMILES string of the molecule is COc1c(C#N)ccc(O[C@@H](C)C(F)(F)F)c1C(=O)N1CC(c2ccc(C3CCC(C)(F)CC3)cn2)C1. The first-order valence-electron chi connectivity index (χ1n) is 12.2. The zero-order chi connectivity index (χ0) is 27.0. The Bertz CT molecular complexity index is 1180. The highest BCUT2D eigenvalue weighted by Crippen LogP contribution is 2.41. The normalized spacial score (nSPS) is 23.1. The molecule has 0 N–H and O–H groups in total. The maximum absolute atomic E-state index is 14.1. The summed E-state index contributed by atoms with van der Waals surface area (Å²) in [6, 6.07) is 8.26. The minimum absolute atomic E-state index is 0.0166. The molecule has 0 bridgehead atoms. The van der Waals surface area contributed by atoms with Crippen molar-refractivity contribution >= 4 is 5.91 Å². The van der Waals surface area contributed by atoms with Crippen molar-refractivity contribution in [3.63, 3.8) is 0 Å². The Balaban J connectivity index is 1.47. The number of nitriles is 1. The van der Waals surface area contributed by atoms with Crippen molar-refractivity contribution in [1.82, 2.24) is 9.88 Å². The molecule has 1 amide bonds. The number of benzene rings is 1. The van der Waals surface area contributed by atoms with E-state index in [1.165, 1.54) is 24.1 Å². The van der Waals surface area contributed by atoms with E-state index in [-0.39, 0.29) is 34.5 Å². The van der Waals surface area contributed by atoms with Gasteiger partial charge >= 0.3 is 6.18 Å². The average Bonchev–Trinajstić information content (AvgIpc) is 2.82. The highest BCUT2D eigenvalue weighted by atomic mass is 19.4. The number of hydrogen-bond acceptors (Lipinski definition) is 5. The lowest BCUT2D eigenvalue weighted by Gasteiger charge is -2.39. The van der Waals surface area contributed by atoms with E-state index in [4.69, 9.17) is 9.47 Å². The summed E-state index contributed by atoms with van der Waals surface area (Å²) in [5, 5.41) is 9.40. The maximum atomic E-state index is 14.1. The van der Waals surface area contributed by atoms with E-state index < -0.39 is 23.9 Å². The van der Waals surface area contributed by atoms with Crippen molar-refractivity contribution in [3.8, 4) is 17.6 Å². The molecule has 10 heteroatoms. The molecule has 2 fully saturated rings. The molecule has 198 valence electrons. The highest BCUT2D eigenvalue weighted by Gasteiger charge is 2.41. The molecular formula is C27H29F4N3O3. The van der Waals surface area contributed by atoms with Crippen LogP contribution in [0.15, 0.2) is 30.5 Å². The van der Waals surface area contributed by atoms with Crippen LogP contribution in [0, 0.1) is 11.3 Å². The number of pyridine rings is 1. The molecule has 6 nitrogen and oxygen atoms in total. The van der Waals surface area contributed by atoms with Crippen LogP contribution in [0.5, 0.6) is 11.5 Å². The molecule has 1 saturated heterocycles. The van der Waals surface area contributed by atoms with Crippen LogP contribution in [0.25, 0.3) is 0 Å². The van der Waals surface area contributed by atoms with E-state index in [1.807, 2.05) is 24.4 Å². The number of alkyl halides is 4. The molecule has 0 unspecified atom stereocenters. The second-order valence-corrected chi connectivity index (χ2v) is 10.0. The van der Waals surface area contributed by atoms with Crippen LogP contribution < -0.4 is 9.47 Å². The van der Waals surface area contributed by atoms with Crippen molar-refractivity contribution in [2.45, 2.75) is 69.3 Å². The third kappa shape index (κ3) is 5.65. The van der Waals surface area contributed by atoms with Gasteiger partial charge in [0.1, 0.15) is 23.1 Å². The Kier molecular flexibility index (Phi) is 7.36. The molecule has 1 aromatic carbocycles. The Morgan fingerprint density at radius 2 is 1.86 bits per heavy atom. The molecule has 1 aliphatic heterocycles. The van der Waals surface area contributed by atoms with Crippen molar-refractivity contribution in [2.24, 2.45) is 0 Å². The number of aromatic nitrogens is 1. The summed E-state index contributed by atoms with van der Waals surface area (Å²) >= 11 is 0. The summed E-state index contributed by atoms with van der Waals surface area (Å²) in [7, 11) is 1.24. The summed E-state index contributed by atoms with van der Waals surface area (Å²) in [6.07, 6.45) is -2.36. The highest BCUT2D eigenvalue weighted by molar-refractivity contribution is 6.01. The predicted molar refractivity (Wildman–Crippen MR) is 127 cm³/mol. The number of ether oxygens (including phenoxy) is 2. The monoisotopic (exact) mass is 519 g/mol. The topological polar surface area (TPSA) is 75.5 Å². The van der Waals surface area contributed by atoms with Gasteiger partial charge in [0.2, 0.25) is 0 Å². The number of rotatable bonds is 6. The van der Waals surface area contributed by atoms with Crippen LogP contribution in [0.1, 0.15) is 78.5 Å². The molecule has 4 rings (SSSR count). The van der Waals surface area contributed by atoms with Gasteiger partial charge < -0.3 is 14.4 Å². The minimum atomic E-state index is -4.63. The quantitative estimate of drug-likeness (QED) is 0.443. The summed E-state index contributed by atoms with van der Waals surface area (Å²) in [5.41, 5.74) is 0.584. The van der Waals surface area contributed by atoms with Gasteiger partial charge in [-0.15, -0.1) is 0 Å². The predicted octanol–water partition coefficient (Wildman–Crippen LogP) is 5.92. The van der Waals surface area contributed by atoms with Gasteiger partial charge in [0.05, 0.1) is 12.7 Å². The number of hydrogen-bond donors (Lipinski definition) is 0. The molecule has 0 spiro atoms. The lowest BCUT2D eigenvalue weighted by atomic mass is 9.78. The number of amides is 1. The van der Waals surface area contributed by atoms with Gasteiger partial charge in [0.15, 0.2) is 11.9 Å². The van der Waals surface area contributed by atoms with Gasteiger partial charge in [-0.1, -0.05) is 6.07 Å². The van der Waals surface area contributed by atoms with Gasteiger partial charge in [0.25, 0.3) is 5.91 Å². The van der Waals surface area contributed by atoms with Gasteiger partial charge in [-0.25, -0.2) is 4.39 Å². The summed E-state index contributed by atoms with van der Waals surface area (Å²) in [5.74, 6) is -0.761. The Morgan fingerprint density at radius 3 is 2.41 bits per heavy atom. The van der Waals surface area contributed by atoms with Crippen LogP contribution in [-0.2, 0) is 0 Å². The van der Waals surface area contributed by atoms with Gasteiger partial charge in [0, 0.05) is 30.9 Å². The molecule has 1 aromatic heterocycles. The lowest BCUT2D eigenvalue weighted by molar-refractivity contribution is -0.189. The molecule has 2 aromatic rings. The maximum Gasteiger partial charge on any atom is 0.425 e. The average molecular weight is 520 g/mol. The Labute approximate surface area is 213 Å². The molecule has 1 saturated carbocycles. The smallest absolute Gasteiger partial charge is 0.425 e. The molecule has 2 aliphatic rings.